The summed E-state index contributed by atoms with van der Waals surface area (Å²) in [6.45, 7) is 2.76. The fourth-order valence-electron chi connectivity index (χ4n) is 1.03. The van der Waals surface area contributed by atoms with Crippen molar-refractivity contribution in [2.24, 2.45) is 5.92 Å². The Labute approximate surface area is 85.6 Å². The van der Waals surface area contributed by atoms with E-state index in [9.17, 15) is 4.79 Å². The molecule has 1 fully saturated rings. The normalized spacial score (nSPS) is 15.6. The Morgan fingerprint density at radius 1 is 1.50 bits per heavy atom. The van der Waals surface area contributed by atoms with Crippen LogP contribution in [0.2, 0.25) is 0 Å². The van der Waals surface area contributed by atoms with E-state index in [1.807, 2.05) is 0 Å². The third-order valence-corrected chi connectivity index (χ3v) is 2.25. The molecule has 14 heavy (non-hydrogen) atoms. The number of carbonyl (C=O) groups is 1. The van der Waals surface area contributed by atoms with Gasteiger partial charge in [-0.05, 0) is 18.8 Å². The quantitative estimate of drug-likeness (QED) is 0.592. The van der Waals surface area contributed by atoms with Crippen molar-refractivity contribution in [3.8, 4) is 0 Å². The fourth-order valence-corrected chi connectivity index (χ4v) is 1.03. The molecule has 0 radical (unpaired) electrons. The average Bonchev–Trinajstić information content (AvgIpc) is 2.94. The minimum atomic E-state index is 0.104. The summed E-state index contributed by atoms with van der Waals surface area (Å²) in [6, 6.07) is 0. The summed E-state index contributed by atoms with van der Waals surface area (Å²) in [7, 11) is 3.52. The van der Waals surface area contributed by atoms with E-state index < -0.39 is 0 Å². The maximum absolute atomic E-state index is 11.1. The summed E-state index contributed by atoms with van der Waals surface area (Å²) in [5, 5.41) is 3.04. The van der Waals surface area contributed by atoms with Gasteiger partial charge in [0.15, 0.2) is 0 Å². The number of carbonyl (C=O) groups excluding carboxylic acids is 1. The van der Waals surface area contributed by atoms with Gasteiger partial charge in [0.2, 0.25) is 5.91 Å². The molecule has 82 valence electrons. The van der Waals surface area contributed by atoms with Gasteiger partial charge in [-0.3, -0.25) is 4.79 Å². The number of hydrogen-bond donors (Lipinski definition) is 1. The van der Waals surface area contributed by atoms with Gasteiger partial charge in [0.25, 0.3) is 0 Å². The number of nitrogens with one attached hydrogen (secondary N) is 1. The van der Waals surface area contributed by atoms with Crippen LogP contribution in [0.15, 0.2) is 0 Å². The zero-order valence-corrected chi connectivity index (χ0v) is 9.08. The molecule has 1 saturated carbocycles. The molecule has 0 atom stereocenters. The van der Waals surface area contributed by atoms with Gasteiger partial charge < -0.3 is 15.0 Å². The Bertz CT molecular complexity index is 179. The van der Waals surface area contributed by atoms with Gasteiger partial charge in [0, 0.05) is 27.2 Å². The lowest BCUT2D eigenvalue weighted by Crippen LogP contribution is -2.34. The average molecular weight is 200 g/mol. The van der Waals surface area contributed by atoms with Gasteiger partial charge >= 0.3 is 0 Å². The van der Waals surface area contributed by atoms with E-state index in [4.69, 9.17) is 4.74 Å². The first-order valence-electron chi connectivity index (χ1n) is 5.18. The first kappa shape index (κ1) is 11.5. The van der Waals surface area contributed by atoms with E-state index in [1.165, 1.54) is 12.8 Å². The van der Waals surface area contributed by atoms with Gasteiger partial charge in [0.05, 0.1) is 13.2 Å². The van der Waals surface area contributed by atoms with Crippen LogP contribution in [-0.2, 0) is 9.53 Å². The third kappa shape index (κ3) is 5.19. The molecule has 0 aromatic carbocycles. The predicted molar refractivity (Wildman–Crippen MR) is 55.1 cm³/mol. The van der Waals surface area contributed by atoms with Crippen molar-refractivity contribution in [2.75, 3.05) is 40.4 Å². The second kappa shape index (κ2) is 5.98. The summed E-state index contributed by atoms with van der Waals surface area (Å²) in [5.74, 6) is 0.922. The molecule has 1 rings (SSSR count). The molecule has 0 aromatic rings. The van der Waals surface area contributed by atoms with Gasteiger partial charge in [0.1, 0.15) is 0 Å². The van der Waals surface area contributed by atoms with Crippen LogP contribution in [-0.4, -0.2) is 51.2 Å². The van der Waals surface area contributed by atoms with Crippen molar-refractivity contribution in [2.45, 2.75) is 12.8 Å². The summed E-state index contributed by atoms with van der Waals surface area (Å²) in [4.78, 5) is 12.7. The monoisotopic (exact) mass is 200 g/mol. The molecule has 0 spiro atoms. The molecule has 1 aliphatic carbocycles. The standard InChI is InChI=1S/C10H20N2O2/c1-12(2)10(13)7-11-5-6-14-8-9-3-4-9/h9,11H,3-8H2,1-2H3. The molecule has 1 N–H and O–H groups in total. The first-order valence-corrected chi connectivity index (χ1v) is 5.18. The molecule has 4 nitrogen and oxygen atoms in total. The smallest absolute Gasteiger partial charge is 0.236 e. The van der Waals surface area contributed by atoms with E-state index in [0.717, 1.165) is 19.1 Å². The number of rotatable bonds is 7. The van der Waals surface area contributed by atoms with Crippen LogP contribution < -0.4 is 5.32 Å². The summed E-state index contributed by atoms with van der Waals surface area (Å²) < 4.78 is 5.41. The predicted octanol–water partition coefficient (Wildman–Crippen LogP) is 0.0908. The van der Waals surface area contributed by atoms with E-state index in [0.29, 0.717) is 13.2 Å². The van der Waals surface area contributed by atoms with Crippen LogP contribution in [0.3, 0.4) is 0 Å². The maximum atomic E-state index is 11.1. The SMILES string of the molecule is CN(C)C(=O)CNCCOCC1CC1. The Hall–Kier alpha value is -0.610. The maximum Gasteiger partial charge on any atom is 0.236 e. The van der Waals surface area contributed by atoms with Crippen molar-refractivity contribution in [1.29, 1.82) is 0 Å². The van der Waals surface area contributed by atoms with Crippen LogP contribution in [0.1, 0.15) is 12.8 Å². The second-order valence-electron chi connectivity index (χ2n) is 3.98. The highest BCUT2D eigenvalue weighted by Crippen LogP contribution is 2.28. The Kier molecular flexibility index (Phi) is 4.90. The van der Waals surface area contributed by atoms with Gasteiger partial charge in [-0.1, -0.05) is 0 Å². The van der Waals surface area contributed by atoms with Crippen molar-refractivity contribution in [3.63, 3.8) is 0 Å². The Morgan fingerprint density at radius 3 is 2.79 bits per heavy atom. The lowest BCUT2D eigenvalue weighted by molar-refractivity contribution is -0.127. The molecule has 0 saturated heterocycles. The molecule has 1 aliphatic rings. The van der Waals surface area contributed by atoms with Crippen molar-refractivity contribution in [3.05, 3.63) is 0 Å². The van der Waals surface area contributed by atoms with Crippen LogP contribution >= 0.6 is 0 Å². The number of hydrogen-bond acceptors (Lipinski definition) is 3. The molecule has 0 unspecified atom stereocenters. The minimum absolute atomic E-state index is 0.104. The molecule has 0 aliphatic heterocycles. The highest BCUT2D eigenvalue weighted by atomic mass is 16.5. The number of amides is 1. The number of nitrogens with zero attached hydrogens (tertiary/aromatic N) is 1. The van der Waals surface area contributed by atoms with Crippen LogP contribution in [0.4, 0.5) is 0 Å². The summed E-state index contributed by atoms with van der Waals surface area (Å²) in [6.07, 6.45) is 2.65. The van der Waals surface area contributed by atoms with E-state index in [1.54, 1.807) is 19.0 Å². The van der Waals surface area contributed by atoms with Gasteiger partial charge in [-0.25, -0.2) is 0 Å². The van der Waals surface area contributed by atoms with Gasteiger partial charge in [-0.2, -0.15) is 0 Å². The largest absolute Gasteiger partial charge is 0.380 e. The Morgan fingerprint density at radius 2 is 2.21 bits per heavy atom. The summed E-state index contributed by atoms with van der Waals surface area (Å²) in [5.41, 5.74) is 0. The minimum Gasteiger partial charge on any atom is -0.380 e. The molecule has 1 amide bonds. The highest BCUT2D eigenvalue weighted by Gasteiger charge is 2.20. The van der Waals surface area contributed by atoms with E-state index in [2.05, 4.69) is 5.32 Å². The summed E-state index contributed by atoms with van der Waals surface area (Å²) >= 11 is 0. The van der Waals surface area contributed by atoms with Crippen molar-refractivity contribution >= 4 is 5.91 Å². The lowest BCUT2D eigenvalue weighted by Gasteiger charge is -2.10. The zero-order chi connectivity index (χ0) is 10.4. The number of ether oxygens (including phenoxy) is 1. The molecule has 0 heterocycles. The molecule has 4 heteroatoms. The van der Waals surface area contributed by atoms with Crippen molar-refractivity contribution < 1.29 is 9.53 Å². The Balaban J connectivity index is 1.81. The van der Waals surface area contributed by atoms with Gasteiger partial charge in [-0.15, -0.1) is 0 Å². The molecule has 0 bridgehead atoms. The van der Waals surface area contributed by atoms with Crippen LogP contribution in [0.5, 0.6) is 0 Å². The third-order valence-electron chi connectivity index (χ3n) is 2.25. The molecular formula is C10H20N2O2. The first-order chi connectivity index (χ1) is 6.70. The second-order valence-corrected chi connectivity index (χ2v) is 3.98. The van der Waals surface area contributed by atoms with E-state index >= 15 is 0 Å². The fraction of sp³-hybridized carbons (Fsp3) is 0.900. The highest BCUT2D eigenvalue weighted by molar-refractivity contribution is 5.77. The molecular weight excluding hydrogens is 180 g/mol. The zero-order valence-electron chi connectivity index (χ0n) is 9.08. The van der Waals surface area contributed by atoms with Crippen LogP contribution in [0, 0.1) is 5.92 Å². The van der Waals surface area contributed by atoms with E-state index in [-0.39, 0.29) is 5.91 Å². The van der Waals surface area contributed by atoms with Crippen LogP contribution in [0.25, 0.3) is 0 Å². The molecule has 0 aromatic heterocycles. The van der Waals surface area contributed by atoms with Crippen molar-refractivity contribution in [1.82, 2.24) is 10.2 Å². The topological polar surface area (TPSA) is 41.6 Å². The lowest BCUT2D eigenvalue weighted by atomic mass is 10.5. The number of likely N-dealkylation sites (N-methyl/N-ethyl adjacent to an activating group) is 1.